The Morgan fingerprint density at radius 3 is 2.38 bits per heavy atom. The van der Waals surface area contributed by atoms with Crippen molar-refractivity contribution >= 4 is 11.9 Å². The fraction of sp³-hybridized carbons (Fsp3) is 0.267. The molecule has 1 aromatic rings. The maximum atomic E-state index is 4.60. The fourth-order valence-corrected chi connectivity index (χ4v) is 2.08. The van der Waals surface area contributed by atoms with Gasteiger partial charge < -0.3 is 0 Å². The second-order valence-electron chi connectivity index (χ2n) is 4.38. The fourth-order valence-electron chi connectivity index (χ4n) is 2.08. The number of nitrogens with zero attached hydrogens (tertiary/aromatic N) is 1. The third-order valence-corrected chi connectivity index (χ3v) is 2.79. The van der Waals surface area contributed by atoms with Crippen LogP contribution in [0.25, 0.3) is 0 Å². The number of hydrogen-bond donors (Lipinski definition) is 0. The Balaban J connectivity index is 2.27. The van der Waals surface area contributed by atoms with Crippen LogP contribution in [0.2, 0.25) is 0 Å². The van der Waals surface area contributed by atoms with Gasteiger partial charge in [-0.1, -0.05) is 35.9 Å². The van der Waals surface area contributed by atoms with Gasteiger partial charge in [0.25, 0.3) is 0 Å². The summed E-state index contributed by atoms with van der Waals surface area (Å²) in [7, 11) is 0. The van der Waals surface area contributed by atoms with Crippen molar-refractivity contribution in [3.8, 4) is 0 Å². The minimum absolute atomic E-state index is 1.01. The van der Waals surface area contributed by atoms with Crippen molar-refractivity contribution in [2.24, 2.45) is 4.99 Å². The summed E-state index contributed by atoms with van der Waals surface area (Å²) in [6, 6.07) is 4.36. The summed E-state index contributed by atoms with van der Waals surface area (Å²) in [6.07, 6.45) is 9.33. The zero-order chi connectivity index (χ0) is 11.5. The smallest absolute Gasteiger partial charge is 0.0688 e. The summed E-state index contributed by atoms with van der Waals surface area (Å²) in [6.45, 7) is 6.36. The van der Waals surface area contributed by atoms with Crippen LogP contribution >= 0.6 is 0 Å². The van der Waals surface area contributed by atoms with Crippen molar-refractivity contribution in [3.05, 3.63) is 52.6 Å². The van der Waals surface area contributed by atoms with E-state index in [1.165, 1.54) is 22.3 Å². The molecule has 0 spiro atoms. The molecular weight excluding hydrogens is 194 g/mol. The lowest BCUT2D eigenvalue weighted by Crippen LogP contribution is -1.85. The molecule has 0 N–H and O–H groups in total. The lowest BCUT2D eigenvalue weighted by Gasteiger charge is -2.06. The molecule has 0 aliphatic heterocycles. The highest BCUT2D eigenvalue weighted by Crippen LogP contribution is 2.25. The first-order chi connectivity index (χ1) is 7.66. The van der Waals surface area contributed by atoms with Crippen LogP contribution in [-0.2, 0) is 0 Å². The Bertz CT molecular complexity index is 467. The second kappa shape index (κ2) is 4.48. The molecule has 1 aliphatic rings. The van der Waals surface area contributed by atoms with Gasteiger partial charge in [-0.3, -0.25) is 4.99 Å². The number of hydrogen-bond acceptors (Lipinski definition) is 1. The molecule has 0 unspecified atom stereocenters. The average Bonchev–Trinajstić information content (AvgIpc) is 2.68. The average molecular weight is 211 g/mol. The van der Waals surface area contributed by atoms with E-state index in [1.807, 2.05) is 6.21 Å². The van der Waals surface area contributed by atoms with Crippen LogP contribution in [0.3, 0.4) is 0 Å². The summed E-state index contributed by atoms with van der Waals surface area (Å²) in [4.78, 5) is 4.60. The van der Waals surface area contributed by atoms with E-state index in [0.717, 1.165) is 12.1 Å². The Kier molecular flexibility index (Phi) is 3.04. The van der Waals surface area contributed by atoms with Crippen molar-refractivity contribution in [1.82, 2.24) is 0 Å². The standard InChI is InChI=1S/C15H17N/c1-11-8-12(2)15(13(3)9-11)16-10-14-6-4-5-7-14/h4-6,8-10H,7H2,1-3H3. The van der Waals surface area contributed by atoms with Crippen LogP contribution in [0.1, 0.15) is 23.1 Å². The van der Waals surface area contributed by atoms with Crippen LogP contribution in [0.5, 0.6) is 0 Å². The first-order valence-corrected chi connectivity index (χ1v) is 5.64. The molecule has 1 aliphatic carbocycles. The highest BCUT2D eigenvalue weighted by atomic mass is 14.7. The normalized spacial score (nSPS) is 14.8. The number of benzene rings is 1. The van der Waals surface area contributed by atoms with E-state index in [4.69, 9.17) is 0 Å². The number of aryl methyl sites for hydroxylation is 3. The van der Waals surface area contributed by atoms with Crippen LogP contribution in [0.15, 0.2) is 40.9 Å². The third-order valence-electron chi connectivity index (χ3n) is 2.79. The zero-order valence-electron chi connectivity index (χ0n) is 10.1. The Hall–Kier alpha value is -1.63. The lowest BCUT2D eigenvalue weighted by atomic mass is 10.1. The number of allylic oxidation sites excluding steroid dienone is 4. The van der Waals surface area contributed by atoms with E-state index in [9.17, 15) is 0 Å². The van der Waals surface area contributed by atoms with E-state index in [2.05, 4.69) is 56.1 Å². The van der Waals surface area contributed by atoms with Gasteiger partial charge in [0.1, 0.15) is 0 Å². The van der Waals surface area contributed by atoms with Gasteiger partial charge in [-0.25, -0.2) is 0 Å². The lowest BCUT2D eigenvalue weighted by molar-refractivity contribution is 1.28. The Morgan fingerprint density at radius 2 is 1.81 bits per heavy atom. The maximum absolute atomic E-state index is 4.60. The van der Waals surface area contributed by atoms with Gasteiger partial charge in [0, 0.05) is 6.21 Å². The van der Waals surface area contributed by atoms with Crippen LogP contribution in [0, 0.1) is 20.8 Å². The van der Waals surface area contributed by atoms with Gasteiger partial charge in [0.2, 0.25) is 0 Å². The molecule has 0 bridgehead atoms. The van der Waals surface area contributed by atoms with Crippen LogP contribution < -0.4 is 0 Å². The molecule has 1 heteroatoms. The largest absolute Gasteiger partial charge is 0.256 e. The molecule has 0 atom stereocenters. The van der Waals surface area contributed by atoms with E-state index in [-0.39, 0.29) is 0 Å². The van der Waals surface area contributed by atoms with E-state index in [0.29, 0.717) is 0 Å². The van der Waals surface area contributed by atoms with E-state index >= 15 is 0 Å². The van der Waals surface area contributed by atoms with Gasteiger partial charge in [-0.2, -0.15) is 0 Å². The van der Waals surface area contributed by atoms with E-state index < -0.39 is 0 Å². The first kappa shape index (κ1) is 10.9. The Morgan fingerprint density at radius 1 is 1.12 bits per heavy atom. The van der Waals surface area contributed by atoms with Gasteiger partial charge in [-0.05, 0) is 43.9 Å². The molecule has 0 fully saturated rings. The van der Waals surface area contributed by atoms with Crippen molar-refractivity contribution in [3.63, 3.8) is 0 Å². The van der Waals surface area contributed by atoms with Gasteiger partial charge in [0.15, 0.2) is 0 Å². The molecule has 2 rings (SSSR count). The monoisotopic (exact) mass is 211 g/mol. The van der Waals surface area contributed by atoms with Gasteiger partial charge >= 0.3 is 0 Å². The molecule has 1 nitrogen and oxygen atoms in total. The molecule has 1 aromatic carbocycles. The van der Waals surface area contributed by atoms with Crippen molar-refractivity contribution in [2.45, 2.75) is 27.2 Å². The first-order valence-electron chi connectivity index (χ1n) is 5.64. The highest BCUT2D eigenvalue weighted by Gasteiger charge is 2.02. The van der Waals surface area contributed by atoms with E-state index in [1.54, 1.807) is 0 Å². The van der Waals surface area contributed by atoms with Crippen LogP contribution in [-0.4, -0.2) is 6.21 Å². The molecule has 0 saturated carbocycles. The SMILES string of the molecule is Cc1cc(C)c(N=CC2=CC=CC2)c(C)c1. The van der Waals surface area contributed by atoms with Crippen molar-refractivity contribution < 1.29 is 0 Å². The predicted molar refractivity (Wildman–Crippen MR) is 70.6 cm³/mol. The van der Waals surface area contributed by atoms with Crippen molar-refractivity contribution in [2.75, 3.05) is 0 Å². The summed E-state index contributed by atoms with van der Waals surface area (Å²) in [5.74, 6) is 0. The van der Waals surface area contributed by atoms with Crippen LogP contribution in [0.4, 0.5) is 5.69 Å². The summed E-state index contributed by atoms with van der Waals surface area (Å²) in [5.41, 5.74) is 6.19. The summed E-state index contributed by atoms with van der Waals surface area (Å²) < 4.78 is 0. The quantitative estimate of drug-likeness (QED) is 0.650. The highest BCUT2D eigenvalue weighted by molar-refractivity contribution is 5.83. The number of aliphatic imine (C=N–C) groups is 1. The van der Waals surface area contributed by atoms with Gasteiger partial charge in [-0.15, -0.1) is 0 Å². The molecule has 0 amide bonds. The predicted octanol–water partition coefficient (Wildman–Crippen LogP) is 4.20. The van der Waals surface area contributed by atoms with Crippen molar-refractivity contribution in [1.29, 1.82) is 0 Å². The Labute approximate surface area is 97.2 Å². The number of rotatable bonds is 2. The maximum Gasteiger partial charge on any atom is 0.0688 e. The third kappa shape index (κ3) is 2.30. The summed E-state index contributed by atoms with van der Waals surface area (Å²) in [5, 5.41) is 0. The minimum Gasteiger partial charge on any atom is -0.256 e. The van der Waals surface area contributed by atoms with Gasteiger partial charge in [0.05, 0.1) is 5.69 Å². The topological polar surface area (TPSA) is 12.4 Å². The molecule has 0 radical (unpaired) electrons. The second-order valence-corrected chi connectivity index (χ2v) is 4.38. The molecule has 0 aromatic heterocycles. The molecule has 0 heterocycles. The summed E-state index contributed by atoms with van der Waals surface area (Å²) >= 11 is 0. The zero-order valence-corrected chi connectivity index (χ0v) is 10.1. The minimum atomic E-state index is 1.01. The molecule has 16 heavy (non-hydrogen) atoms. The molecule has 0 saturated heterocycles. The molecular formula is C15H17N. The molecule has 82 valence electrons.